The average molecular weight is 376 g/mol. The Bertz CT molecular complexity index is 877. The van der Waals surface area contributed by atoms with Gasteiger partial charge in [0.15, 0.2) is 0 Å². The van der Waals surface area contributed by atoms with Crippen molar-refractivity contribution in [2.75, 3.05) is 13.6 Å². The van der Waals surface area contributed by atoms with Gasteiger partial charge in [-0.1, -0.05) is 30.3 Å². The Morgan fingerprint density at radius 1 is 1.27 bits per heavy atom. The minimum atomic E-state index is -3.55. The molecule has 1 aromatic carbocycles. The highest BCUT2D eigenvalue weighted by molar-refractivity contribution is 7.86. The zero-order chi connectivity index (χ0) is 18.3. The number of aromatic nitrogens is 2. The number of benzene rings is 1. The molecule has 2 aliphatic rings. The van der Waals surface area contributed by atoms with Crippen LogP contribution in [0.4, 0.5) is 0 Å². The second kappa shape index (κ2) is 6.77. The Hall–Kier alpha value is -1.74. The van der Waals surface area contributed by atoms with Crippen molar-refractivity contribution in [3.05, 3.63) is 53.3 Å². The summed E-state index contributed by atoms with van der Waals surface area (Å²) in [5.74, 6) is 0.309. The van der Waals surface area contributed by atoms with Crippen LogP contribution < -0.4 is 0 Å². The van der Waals surface area contributed by atoms with Crippen LogP contribution in [0.25, 0.3) is 0 Å². The second-order valence-corrected chi connectivity index (χ2v) is 9.18. The fourth-order valence-electron chi connectivity index (χ4n) is 3.38. The lowest BCUT2D eigenvalue weighted by Crippen LogP contribution is -2.45. The van der Waals surface area contributed by atoms with E-state index in [9.17, 15) is 13.5 Å². The first kappa shape index (κ1) is 17.7. The normalized spacial score (nSPS) is 19.5. The quantitative estimate of drug-likeness (QED) is 0.829. The predicted octanol–water partition coefficient (Wildman–Crippen LogP) is 1.52. The van der Waals surface area contributed by atoms with Gasteiger partial charge in [0, 0.05) is 20.1 Å². The van der Waals surface area contributed by atoms with E-state index < -0.39 is 16.3 Å². The standard InChI is InChI=1S/C18H24N4O3S/c1-20(12-14-5-3-2-4-6-14)26(24,25)21-9-10-22-16(13-21)11-17(19-22)18(23)15-7-8-15/h2-6,11,15,18,23H,7-10,12-13H2,1H3/t18-/m1/s1. The van der Waals surface area contributed by atoms with Gasteiger partial charge in [-0.15, -0.1) is 0 Å². The summed E-state index contributed by atoms with van der Waals surface area (Å²) >= 11 is 0. The number of fused-ring (bicyclic) bond motifs is 1. The van der Waals surface area contributed by atoms with E-state index in [1.165, 1.54) is 8.61 Å². The summed E-state index contributed by atoms with van der Waals surface area (Å²) in [6.07, 6.45) is 1.54. The lowest BCUT2D eigenvalue weighted by atomic mass is 10.1. The van der Waals surface area contributed by atoms with Crippen molar-refractivity contribution in [3.8, 4) is 0 Å². The van der Waals surface area contributed by atoms with Crippen molar-refractivity contribution in [1.82, 2.24) is 18.4 Å². The molecule has 1 aromatic heterocycles. The molecule has 0 saturated heterocycles. The molecule has 1 N–H and O–H groups in total. The summed E-state index contributed by atoms with van der Waals surface area (Å²) < 4.78 is 30.6. The van der Waals surface area contributed by atoms with E-state index in [0.717, 1.165) is 24.1 Å². The molecule has 8 heteroatoms. The monoisotopic (exact) mass is 376 g/mol. The Balaban J connectivity index is 1.48. The Kier molecular flexibility index (Phi) is 4.60. The van der Waals surface area contributed by atoms with Crippen LogP contribution >= 0.6 is 0 Å². The third-order valence-corrected chi connectivity index (χ3v) is 7.00. The lowest BCUT2D eigenvalue weighted by molar-refractivity contribution is 0.148. The van der Waals surface area contributed by atoms with Gasteiger partial charge in [0.1, 0.15) is 6.10 Å². The predicted molar refractivity (Wildman–Crippen MR) is 97.1 cm³/mol. The molecule has 0 bridgehead atoms. The number of aliphatic hydroxyl groups excluding tert-OH is 1. The van der Waals surface area contributed by atoms with Gasteiger partial charge in [0.05, 0.1) is 24.5 Å². The van der Waals surface area contributed by atoms with Gasteiger partial charge in [-0.25, -0.2) is 0 Å². The molecule has 140 valence electrons. The molecule has 0 unspecified atom stereocenters. The highest BCUT2D eigenvalue weighted by atomic mass is 32.2. The summed E-state index contributed by atoms with van der Waals surface area (Å²) in [4.78, 5) is 0. The molecule has 2 aromatic rings. The van der Waals surface area contributed by atoms with Gasteiger partial charge in [0.25, 0.3) is 10.2 Å². The number of hydrogen-bond donors (Lipinski definition) is 1. The minimum absolute atomic E-state index is 0.284. The Morgan fingerprint density at radius 3 is 2.69 bits per heavy atom. The molecule has 0 radical (unpaired) electrons. The number of hydrogen-bond acceptors (Lipinski definition) is 4. The van der Waals surface area contributed by atoms with E-state index in [-0.39, 0.29) is 6.54 Å². The van der Waals surface area contributed by atoms with Crippen LogP contribution in [-0.4, -0.2) is 45.5 Å². The van der Waals surface area contributed by atoms with E-state index in [1.54, 1.807) is 7.05 Å². The fourth-order valence-corrected chi connectivity index (χ4v) is 4.69. The van der Waals surface area contributed by atoms with Gasteiger partial charge in [-0.3, -0.25) is 4.68 Å². The Labute approximate surface area is 154 Å². The van der Waals surface area contributed by atoms with Crippen molar-refractivity contribution in [2.45, 2.75) is 38.6 Å². The van der Waals surface area contributed by atoms with Crippen molar-refractivity contribution in [1.29, 1.82) is 0 Å². The van der Waals surface area contributed by atoms with Crippen LogP contribution in [0.3, 0.4) is 0 Å². The van der Waals surface area contributed by atoms with Crippen LogP contribution in [0.1, 0.15) is 35.9 Å². The lowest BCUT2D eigenvalue weighted by Gasteiger charge is -2.30. The summed E-state index contributed by atoms with van der Waals surface area (Å²) in [6.45, 7) is 1.51. The third-order valence-electron chi connectivity index (χ3n) is 5.12. The number of rotatable bonds is 6. The summed E-state index contributed by atoms with van der Waals surface area (Å²) in [6, 6.07) is 11.4. The molecule has 26 heavy (non-hydrogen) atoms. The molecule has 1 fully saturated rings. The molecule has 0 spiro atoms. The SMILES string of the molecule is CN(Cc1ccccc1)S(=O)(=O)N1CCn2nc([C@H](O)C3CC3)cc2C1. The largest absolute Gasteiger partial charge is 0.386 e. The zero-order valence-corrected chi connectivity index (χ0v) is 15.6. The van der Waals surface area contributed by atoms with E-state index in [4.69, 9.17) is 0 Å². The first-order chi connectivity index (χ1) is 12.4. The van der Waals surface area contributed by atoms with Gasteiger partial charge in [-0.05, 0) is 30.4 Å². The van der Waals surface area contributed by atoms with Crippen molar-refractivity contribution in [2.24, 2.45) is 5.92 Å². The molecular formula is C18H24N4O3S. The minimum Gasteiger partial charge on any atom is -0.386 e. The Morgan fingerprint density at radius 2 is 2.00 bits per heavy atom. The number of aliphatic hydroxyl groups is 1. The third kappa shape index (κ3) is 3.42. The maximum Gasteiger partial charge on any atom is 0.282 e. The van der Waals surface area contributed by atoms with Crippen molar-refractivity contribution >= 4 is 10.2 Å². The fraction of sp³-hybridized carbons (Fsp3) is 0.500. The van der Waals surface area contributed by atoms with Gasteiger partial charge >= 0.3 is 0 Å². The maximum absolute atomic E-state index is 12.9. The molecule has 7 nitrogen and oxygen atoms in total. The second-order valence-electron chi connectivity index (χ2n) is 7.15. The van der Waals surface area contributed by atoms with Crippen LogP contribution in [0.2, 0.25) is 0 Å². The van der Waals surface area contributed by atoms with Crippen LogP contribution in [0.15, 0.2) is 36.4 Å². The zero-order valence-electron chi connectivity index (χ0n) is 14.8. The molecule has 1 saturated carbocycles. The average Bonchev–Trinajstić information content (AvgIpc) is 3.40. The summed E-state index contributed by atoms with van der Waals surface area (Å²) in [5, 5.41) is 14.7. The first-order valence-corrected chi connectivity index (χ1v) is 10.3. The van der Waals surface area contributed by atoms with E-state index in [0.29, 0.717) is 31.2 Å². The molecule has 1 atom stereocenters. The van der Waals surface area contributed by atoms with Gasteiger partial charge < -0.3 is 5.11 Å². The van der Waals surface area contributed by atoms with Crippen LogP contribution in [-0.2, 0) is 29.8 Å². The molecule has 4 rings (SSSR count). The number of nitrogens with zero attached hydrogens (tertiary/aromatic N) is 4. The van der Waals surface area contributed by atoms with Crippen molar-refractivity contribution in [3.63, 3.8) is 0 Å². The van der Waals surface area contributed by atoms with E-state index in [1.807, 2.05) is 41.1 Å². The molecule has 1 aliphatic carbocycles. The maximum atomic E-state index is 12.9. The van der Waals surface area contributed by atoms with Gasteiger partial charge in [0.2, 0.25) is 0 Å². The summed E-state index contributed by atoms with van der Waals surface area (Å²) in [7, 11) is -1.95. The molecule has 1 aliphatic heterocycles. The highest BCUT2D eigenvalue weighted by Gasteiger charge is 2.35. The van der Waals surface area contributed by atoms with Crippen molar-refractivity contribution < 1.29 is 13.5 Å². The van der Waals surface area contributed by atoms with Gasteiger partial charge in [-0.2, -0.15) is 22.1 Å². The van der Waals surface area contributed by atoms with E-state index >= 15 is 0 Å². The first-order valence-electron chi connectivity index (χ1n) is 8.95. The molecule has 0 amide bonds. The topological polar surface area (TPSA) is 78.7 Å². The van der Waals surface area contributed by atoms with Crippen LogP contribution in [0, 0.1) is 5.92 Å². The molecular weight excluding hydrogens is 352 g/mol. The molecule has 2 heterocycles. The smallest absolute Gasteiger partial charge is 0.282 e. The highest BCUT2D eigenvalue weighted by Crippen LogP contribution is 2.40. The van der Waals surface area contributed by atoms with E-state index in [2.05, 4.69) is 5.10 Å². The van der Waals surface area contributed by atoms with Crippen LogP contribution in [0.5, 0.6) is 0 Å². The summed E-state index contributed by atoms with van der Waals surface area (Å²) in [5.41, 5.74) is 2.46.